The number of hydrogen-bond acceptors (Lipinski definition) is 5. The van der Waals surface area contributed by atoms with Crippen LogP contribution in [0.2, 0.25) is 0 Å². The third-order valence-corrected chi connectivity index (χ3v) is 5.61. The molecule has 30 heavy (non-hydrogen) atoms. The van der Waals surface area contributed by atoms with E-state index in [0.717, 1.165) is 35.9 Å². The van der Waals surface area contributed by atoms with E-state index in [1.165, 1.54) is 11.1 Å². The van der Waals surface area contributed by atoms with Crippen molar-refractivity contribution in [2.24, 2.45) is 0 Å². The van der Waals surface area contributed by atoms with Crippen LogP contribution < -0.4 is 10.2 Å². The topological polar surface area (TPSA) is 61.4 Å². The zero-order valence-corrected chi connectivity index (χ0v) is 17.5. The van der Waals surface area contributed by atoms with Gasteiger partial charge in [0.1, 0.15) is 5.82 Å². The van der Waals surface area contributed by atoms with Gasteiger partial charge in [0.25, 0.3) is 5.91 Å². The van der Waals surface area contributed by atoms with Crippen molar-refractivity contribution in [2.45, 2.75) is 20.4 Å². The fraction of sp³-hybridized carbons (Fsp3) is 0.292. The number of rotatable bonds is 5. The van der Waals surface area contributed by atoms with Gasteiger partial charge >= 0.3 is 0 Å². The van der Waals surface area contributed by atoms with Gasteiger partial charge in [-0.3, -0.25) is 4.79 Å². The molecular formula is C24H27N5O. The van der Waals surface area contributed by atoms with E-state index in [-0.39, 0.29) is 5.91 Å². The number of benzene rings is 2. The Morgan fingerprint density at radius 3 is 2.33 bits per heavy atom. The summed E-state index contributed by atoms with van der Waals surface area (Å²) >= 11 is 0. The Balaban J connectivity index is 1.31. The number of aromatic nitrogens is 2. The summed E-state index contributed by atoms with van der Waals surface area (Å²) in [5.74, 6) is 1.70. The molecule has 0 saturated carbocycles. The van der Waals surface area contributed by atoms with E-state index >= 15 is 0 Å². The molecule has 2 aromatic carbocycles. The largest absolute Gasteiger partial charge is 0.365 e. The smallest absolute Gasteiger partial charge is 0.253 e. The van der Waals surface area contributed by atoms with E-state index in [2.05, 4.69) is 39.5 Å². The first-order chi connectivity index (χ1) is 14.6. The van der Waals surface area contributed by atoms with Crippen LogP contribution in [-0.2, 0) is 6.54 Å². The molecule has 0 spiro atoms. The summed E-state index contributed by atoms with van der Waals surface area (Å²) in [6, 6.07) is 20.1. The van der Waals surface area contributed by atoms with Crippen molar-refractivity contribution in [3.05, 3.63) is 82.9 Å². The molecule has 0 radical (unpaired) electrons. The first-order valence-electron chi connectivity index (χ1n) is 10.3. The Labute approximate surface area is 177 Å². The van der Waals surface area contributed by atoms with E-state index in [0.29, 0.717) is 19.6 Å². The second-order valence-electron chi connectivity index (χ2n) is 7.69. The van der Waals surface area contributed by atoms with Crippen LogP contribution in [-0.4, -0.2) is 47.2 Å². The second kappa shape index (κ2) is 8.95. The normalized spacial score (nSPS) is 13.9. The van der Waals surface area contributed by atoms with Crippen molar-refractivity contribution in [1.82, 2.24) is 15.1 Å². The summed E-state index contributed by atoms with van der Waals surface area (Å²) in [7, 11) is 0. The molecule has 2 heterocycles. The van der Waals surface area contributed by atoms with Crippen LogP contribution in [0.15, 0.2) is 60.7 Å². The van der Waals surface area contributed by atoms with Gasteiger partial charge in [0.15, 0.2) is 5.82 Å². The number of piperazine rings is 1. The average molecular weight is 402 g/mol. The Morgan fingerprint density at radius 2 is 1.67 bits per heavy atom. The van der Waals surface area contributed by atoms with Gasteiger partial charge in [-0.2, -0.15) is 0 Å². The molecule has 1 aliphatic heterocycles. The highest BCUT2D eigenvalue weighted by Gasteiger charge is 2.23. The molecule has 1 aliphatic rings. The molecule has 6 nitrogen and oxygen atoms in total. The van der Waals surface area contributed by atoms with Crippen molar-refractivity contribution in [3.8, 4) is 0 Å². The fourth-order valence-corrected chi connectivity index (χ4v) is 3.57. The van der Waals surface area contributed by atoms with Gasteiger partial charge in [-0.25, -0.2) is 0 Å². The molecule has 0 aliphatic carbocycles. The number of anilines is 2. The standard InChI is InChI=1S/C24H27N5O/c1-18-8-9-21(16-19(18)2)24(30)29-14-12-28(13-15-29)23-11-10-22(26-27-23)25-17-20-6-4-3-5-7-20/h3-11,16H,12-15,17H2,1-2H3,(H,25,26). The highest BCUT2D eigenvalue weighted by molar-refractivity contribution is 5.94. The fourth-order valence-electron chi connectivity index (χ4n) is 3.57. The molecule has 1 fully saturated rings. The van der Waals surface area contributed by atoms with Crippen LogP contribution >= 0.6 is 0 Å². The van der Waals surface area contributed by atoms with E-state index in [9.17, 15) is 4.79 Å². The van der Waals surface area contributed by atoms with Gasteiger partial charge in [0.05, 0.1) is 0 Å². The Morgan fingerprint density at radius 1 is 0.900 bits per heavy atom. The van der Waals surface area contributed by atoms with E-state index in [1.807, 2.05) is 60.4 Å². The molecule has 1 N–H and O–H groups in total. The minimum atomic E-state index is 0.101. The quantitative estimate of drug-likeness (QED) is 0.707. The van der Waals surface area contributed by atoms with Gasteiger partial charge in [-0.05, 0) is 54.8 Å². The van der Waals surface area contributed by atoms with E-state index in [1.54, 1.807) is 0 Å². The molecule has 3 aromatic rings. The van der Waals surface area contributed by atoms with Crippen molar-refractivity contribution >= 4 is 17.5 Å². The predicted molar refractivity (Wildman–Crippen MR) is 120 cm³/mol. The van der Waals surface area contributed by atoms with Gasteiger partial charge < -0.3 is 15.1 Å². The summed E-state index contributed by atoms with van der Waals surface area (Å²) in [5, 5.41) is 12.0. The monoisotopic (exact) mass is 401 g/mol. The van der Waals surface area contributed by atoms with Crippen LogP contribution in [0.5, 0.6) is 0 Å². The number of hydrogen-bond donors (Lipinski definition) is 1. The lowest BCUT2D eigenvalue weighted by atomic mass is 10.1. The number of nitrogens with one attached hydrogen (secondary N) is 1. The molecule has 0 atom stereocenters. The molecule has 1 aromatic heterocycles. The summed E-state index contributed by atoms with van der Waals surface area (Å²) in [6.45, 7) is 7.69. The van der Waals surface area contributed by atoms with E-state index in [4.69, 9.17) is 0 Å². The van der Waals surface area contributed by atoms with Crippen LogP contribution in [0.1, 0.15) is 27.0 Å². The van der Waals surface area contributed by atoms with Crippen molar-refractivity contribution < 1.29 is 4.79 Å². The maximum absolute atomic E-state index is 12.8. The minimum Gasteiger partial charge on any atom is -0.365 e. The number of nitrogens with zero attached hydrogens (tertiary/aromatic N) is 4. The van der Waals surface area contributed by atoms with Crippen molar-refractivity contribution in [3.63, 3.8) is 0 Å². The Kier molecular flexibility index (Phi) is 5.93. The second-order valence-corrected chi connectivity index (χ2v) is 7.69. The average Bonchev–Trinajstić information content (AvgIpc) is 2.80. The zero-order valence-electron chi connectivity index (χ0n) is 17.5. The van der Waals surface area contributed by atoms with Crippen molar-refractivity contribution in [1.29, 1.82) is 0 Å². The lowest BCUT2D eigenvalue weighted by molar-refractivity contribution is 0.0746. The number of carbonyl (C=O) groups excluding carboxylic acids is 1. The Hall–Kier alpha value is -3.41. The van der Waals surface area contributed by atoms with Gasteiger partial charge in [0.2, 0.25) is 0 Å². The van der Waals surface area contributed by atoms with Crippen LogP contribution in [0, 0.1) is 13.8 Å². The van der Waals surface area contributed by atoms with Gasteiger partial charge in [-0.15, -0.1) is 10.2 Å². The lowest BCUT2D eigenvalue weighted by Gasteiger charge is -2.35. The maximum atomic E-state index is 12.8. The highest BCUT2D eigenvalue weighted by Crippen LogP contribution is 2.17. The summed E-state index contributed by atoms with van der Waals surface area (Å²) in [6.07, 6.45) is 0. The van der Waals surface area contributed by atoms with E-state index < -0.39 is 0 Å². The molecule has 1 saturated heterocycles. The maximum Gasteiger partial charge on any atom is 0.253 e. The summed E-state index contributed by atoms with van der Waals surface area (Å²) in [5.41, 5.74) is 4.32. The first kappa shape index (κ1) is 19.9. The lowest BCUT2D eigenvalue weighted by Crippen LogP contribution is -2.49. The summed E-state index contributed by atoms with van der Waals surface area (Å²) < 4.78 is 0. The summed E-state index contributed by atoms with van der Waals surface area (Å²) in [4.78, 5) is 16.9. The number of aryl methyl sites for hydroxylation is 2. The molecule has 6 heteroatoms. The molecule has 4 rings (SSSR count). The third-order valence-electron chi connectivity index (χ3n) is 5.61. The zero-order chi connectivity index (χ0) is 20.9. The van der Waals surface area contributed by atoms with Gasteiger partial charge in [-0.1, -0.05) is 36.4 Å². The molecule has 1 amide bonds. The van der Waals surface area contributed by atoms with Gasteiger partial charge in [0, 0.05) is 38.3 Å². The molecular weight excluding hydrogens is 374 g/mol. The van der Waals surface area contributed by atoms with Crippen LogP contribution in [0.25, 0.3) is 0 Å². The Bertz CT molecular complexity index is 996. The van der Waals surface area contributed by atoms with Crippen LogP contribution in [0.3, 0.4) is 0 Å². The first-order valence-corrected chi connectivity index (χ1v) is 10.3. The predicted octanol–water partition coefficient (Wildman–Crippen LogP) is 3.67. The van der Waals surface area contributed by atoms with Crippen LogP contribution in [0.4, 0.5) is 11.6 Å². The molecule has 0 unspecified atom stereocenters. The molecule has 0 bridgehead atoms. The van der Waals surface area contributed by atoms with Crippen molar-refractivity contribution in [2.75, 3.05) is 36.4 Å². The third kappa shape index (κ3) is 4.59. The minimum absolute atomic E-state index is 0.101. The highest BCUT2D eigenvalue weighted by atomic mass is 16.2. The number of carbonyl (C=O) groups is 1. The molecule has 154 valence electrons. The SMILES string of the molecule is Cc1ccc(C(=O)N2CCN(c3ccc(NCc4ccccc4)nn3)CC2)cc1C. The number of amides is 1.